The number of para-hydroxylation sites is 1. The van der Waals surface area contributed by atoms with Crippen molar-refractivity contribution in [1.82, 2.24) is 0 Å². The quantitative estimate of drug-likeness (QED) is 0.908. The van der Waals surface area contributed by atoms with E-state index in [2.05, 4.69) is 13.0 Å². The molecule has 1 aliphatic heterocycles. The van der Waals surface area contributed by atoms with Gasteiger partial charge in [-0.15, -0.1) is 0 Å². The Morgan fingerprint density at radius 2 is 2.05 bits per heavy atom. The molecule has 3 rings (SSSR count). The van der Waals surface area contributed by atoms with Crippen molar-refractivity contribution >= 4 is 11.6 Å². The zero-order valence-electron chi connectivity index (χ0n) is 11.5. The summed E-state index contributed by atoms with van der Waals surface area (Å²) in [5.74, 6) is 0.0535. The van der Waals surface area contributed by atoms with Gasteiger partial charge in [0.2, 0.25) is 0 Å². The fraction of sp³-hybridized carbons (Fsp3) is 0.235. The zero-order chi connectivity index (χ0) is 14.1. The number of anilines is 1. The van der Waals surface area contributed by atoms with E-state index in [1.165, 1.54) is 5.56 Å². The molecule has 0 fully saturated rings. The molecular weight excluding hydrogens is 248 g/mol. The third-order valence-electron chi connectivity index (χ3n) is 3.84. The highest BCUT2D eigenvalue weighted by Crippen LogP contribution is 2.33. The van der Waals surface area contributed by atoms with Gasteiger partial charge >= 0.3 is 0 Å². The Hall–Kier alpha value is -2.13. The van der Waals surface area contributed by atoms with Crippen molar-refractivity contribution in [2.24, 2.45) is 5.73 Å². The smallest absolute Gasteiger partial charge is 0.258 e. The van der Waals surface area contributed by atoms with Crippen LogP contribution in [0.3, 0.4) is 0 Å². The van der Waals surface area contributed by atoms with Gasteiger partial charge in [0.1, 0.15) is 0 Å². The Balaban J connectivity index is 1.98. The highest BCUT2D eigenvalue weighted by atomic mass is 16.2. The maximum Gasteiger partial charge on any atom is 0.258 e. The van der Waals surface area contributed by atoms with Crippen molar-refractivity contribution in [2.75, 3.05) is 4.90 Å². The molecule has 0 bridgehead atoms. The predicted octanol–water partition coefficient (Wildman–Crippen LogP) is 2.74. The number of benzene rings is 2. The third kappa shape index (κ3) is 2.10. The van der Waals surface area contributed by atoms with Crippen molar-refractivity contribution in [3.63, 3.8) is 0 Å². The van der Waals surface area contributed by atoms with Crippen LogP contribution in [0.15, 0.2) is 48.5 Å². The second-order valence-corrected chi connectivity index (χ2v) is 5.26. The Morgan fingerprint density at radius 1 is 1.25 bits per heavy atom. The molecule has 3 nitrogen and oxygen atoms in total. The van der Waals surface area contributed by atoms with Gasteiger partial charge in [-0.05, 0) is 42.7 Å². The summed E-state index contributed by atoms with van der Waals surface area (Å²) >= 11 is 0. The first kappa shape index (κ1) is 12.9. The molecular formula is C17H18N2O. The molecule has 20 heavy (non-hydrogen) atoms. The number of amides is 1. The molecule has 102 valence electrons. The maximum absolute atomic E-state index is 12.8. The van der Waals surface area contributed by atoms with Crippen LogP contribution < -0.4 is 10.6 Å². The highest BCUT2D eigenvalue weighted by molar-refractivity contribution is 6.07. The fourth-order valence-corrected chi connectivity index (χ4v) is 2.85. The van der Waals surface area contributed by atoms with Gasteiger partial charge in [0.15, 0.2) is 0 Å². The van der Waals surface area contributed by atoms with E-state index in [0.29, 0.717) is 12.1 Å². The summed E-state index contributed by atoms with van der Waals surface area (Å²) in [6.07, 6.45) is 0.915. The van der Waals surface area contributed by atoms with Crippen molar-refractivity contribution < 1.29 is 4.79 Å². The monoisotopic (exact) mass is 266 g/mol. The molecule has 1 unspecified atom stereocenters. The van der Waals surface area contributed by atoms with Crippen molar-refractivity contribution in [3.8, 4) is 0 Å². The number of hydrogen-bond donors (Lipinski definition) is 1. The Kier molecular flexibility index (Phi) is 3.28. The maximum atomic E-state index is 12.8. The lowest BCUT2D eigenvalue weighted by Gasteiger charge is -2.23. The highest BCUT2D eigenvalue weighted by Gasteiger charge is 2.31. The van der Waals surface area contributed by atoms with Crippen LogP contribution in [0, 0.1) is 0 Å². The van der Waals surface area contributed by atoms with Crippen LogP contribution in [0.2, 0.25) is 0 Å². The number of nitrogens with zero attached hydrogens (tertiary/aromatic N) is 1. The molecule has 0 aliphatic carbocycles. The summed E-state index contributed by atoms with van der Waals surface area (Å²) < 4.78 is 0. The van der Waals surface area contributed by atoms with Crippen LogP contribution in [0.4, 0.5) is 5.69 Å². The molecule has 1 aliphatic rings. The van der Waals surface area contributed by atoms with Gasteiger partial charge in [-0.3, -0.25) is 4.79 Å². The lowest BCUT2D eigenvalue weighted by atomic mass is 10.1. The van der Waals surface area contributed by atoms with E-state index >= 15 is 0 Å². The van der Waals surface area contributed by atoms with Gasteiger partial charge in [0.25, 0.3) is 5.91 Å². The van der Waals surface area contributed by atoms with Gasteiger partial charge < -0.3 is 10.6 Å². The summed E-state index contributed by atoms with van der Waals surface area (Å²) in [6.45, 7) is 2.54. The number of fused-ring (bicyclic) bond motifs is 1. The molecule has 3 heteroatoms. The normalized spacial score (nSPS) is 17.1. The SMILES string of the molecule is CC1Cc2ccccc2N1C(=O)c1cccc(CN)c1. The fourth-order valence-electron chi connectivity index (χ4n) is 2.85. The summed E-state index contributed by atoms with van der Waals surface area (Å²) in [4.78, 5) is 14.7. The van der Waals surface area contributed by atoms with Crippen molar-refractivity contribution in [3.05, 3.63) is 65.2 Å². The number of nitrogens with two attached hydrogens (primary N) is 1. The van der Waals surface area contributed by atoms with Gasteiger partial charge in [-0.1, -0.05) is 30.3 Å². The lowest BCUT2D eigenvalue weighted by Crippen LogP contribution is -2.35. The number of hydrogen-bond acceptors (Lipinski definition) is 2. The number of carbonyl (C=O) groups excluding carboxylic acids is 1. The molecule has 2 aromatic carbocycles. The minimum atomic E-state index is 0.0535. The van der Waals surface area contributed by atoms with Gasteiger partial charge in [-0.2, -0.15) is 0 Å². The van der Waals surface area contributed by atoms with Crippen molar-refractivity contribution in [2.45, 2.75) is 25.9 Å². The van der Waals surface area contributed by atoms with E-state index in [4.69, 9.17) is 5.73 Å². The molecule has 0 saturated heterocycles. The zero-order valence-corrected chi connectivity index (χ0v) is 11.5. The molecule has 0 aromatic heterocycles. The molecule has 1 amide bonds. The summed E-state index contributed by atoms with van der Waals surface area (Å²) in [6, 6.07) is 15.9. The summed E-state index contributed by atoms with van der Waals surface area (Å²) in [5.41, 5.74) is 9.61. The molecule has 1 heterocycles. The second-order valence-electron chi connectivity index (χ2n) is 5.26. The van der Waals surface area contributed by atoms with Crippen molar-refractivity contribution in [1.29, 1.82) is 0 Å². The average Bonchev–Trinajstić information content (AvgIpc) is 2.82. The predicted molar refractivity (Wildman–Crippen MR) is 80.8 cm³/mol. The van der Waals surface area contributed by atoms with E-state index in [1.54, 1.807) is 0 Å². The lowest BCUT2D eigenvalue weighted by molar-refractivity contribution is 0.0981. The van der Waals surface area contributed by atoms with Gasteiger partial charge in [-0.25, -0.2) is 0 Å². The topological polar surface area (TPSA) is 46.3 Å². The first-order chi connectivity index (χ1) is 9.70. The Morgan fingerprint density at radius 3 is 2.85 bits per heavy atom. The second kappa shape index (κ2) is 5.10. The molecule has 2 N–H and O–H groups in total. The molecule has 0 spiro atoms. The minimum Gasteiger partial charge on any atom is -0.326 e. The molecule has 0 radical (unpaired) electrons. The first-order valence-corrected chi connectivity index (χ1v) is 6.91. The van der Waals surface area contributed by atoms with E-state index < -0.39 is 0 Å². The van der Waals surface area contributed by atoms with E-state index in [1.807, 2.05) is 47.4 Å². The van der Waals surface area contributed by atoms with Crippen LogP contribution >= 0.6 is 0 Å². The summed E-state index contributed by atoms with van der Waals surface area (Å²) in [5, 5.41) is 0. The van der Waals surface area contributed by atoms with Crippen LogP contribution in [0.5, 0.6) is 0 Å². The molecule has 1 atom stereocenters. The van der Waals surface area contributed by atoms with Gasteiger partial charge in [0, 0.05) is 23.8 Å². The van der Waals surface area contributed by atoms with Gasteiger partial charge in [0.05, 0.1) is 0 Å². The largest absolute Gasteiger partial charge is 0.326 e. The Bertz CT molecular complexity index is 651. The molecule has 2 aromatic rings. The molecule has 0 saturated carbocycles. The Labute approximate surface area is 119 Å². The third-order valence-corrected chi connectivity index (χ3v) is 3.84. The first-order valence-electron chi connectivity index (χ1n) is 6.91. The van der Waals surface area contributed by atoms with E-state index in [-0.39, 0.29) is 11.9 Å². The van der Waals surface area contributed by atoms with E-state index in [9.17, 15) is 4.79 Å². The minimum absolute atomic E-state index is 0.0535. The summed E-state index contributed by atoms with van der Waals surface area (Å²) in [7, 11) is 0. The van der Waals surface area contributed by atoms with Crippen LogP contribution in [-0.4, -0.2) is 11.9 Å². The van der Waals surface area contributed by atoms with Crippen LogP contribution in [0.25, 0.3) is 0 Å². The number of rotatable bonds is 2. The number of carbonyl (C=O) groups is 1. The van der Waals surface area contributed by atoms with Crippen LogP contribution in [0.1, 0.15) is 28.4 Å². The van der Waals surface area contributed by atoms with E-state index in [0.717, 1.165) is 17.7 Å². The average molecular weight is 266 g/mol. The standard InChI is InChI=1S/C17H18N2O/c1-12-9-14-6-2-3-8-16(14)19(12)17(20)15-7-4-5-13(10-15)11-18/h2-8,10,12H,9,11,18H2,1H3. The van der Waals surface area contributed by atoms with Crippen LogP contribution in [-0.2, 0) is 13.0 Å².